The predicted molar refractivity (Wildman–Crippen MR) is 112 cm³/mol. The molecule has 31 heavy (non-hydrogen) atoms. The van der Waals surface area contributed by atoms with E-state index in [1.54, 1.807) is 41.5 Å². The number of halogens is 1. The van der Waals surface area contributed by atoms with Crippen LogP contribution < -0.4 is 30.7 Å². The van der Waals surface area contributed by atoms with Crippen LogP contribution in [0.25, 0.3) is 0 Å². The van der Waals surface area contributed by atoms with E-state index in [-0.39, 0.29) is 46.7 Å². The van der Waals surface area contributed by atoms with Crippen LogP contribution in [0.3, 0.4) is 0 Å². The first-order valence-electron chi connectivity index (χ1n) is 9.90. The molecule has 0 N–H and O–H groups in total. The van der Waals surface area contributed by atoms with Gasteiger partial charge in [-0.1, -0.05) is 0 Å². The van der Waals surface area contributed by atoms with E-state index < -0.39 is 10.8 Å². The largest absolute Gasteiger partial charge is 0.457 e. The van der Waals surface area contributed by atoms with Crippen LogP contribution in [0.2, 0.25) is 0 Å². The van der Waals surface area contributed by atoms with Gasteiger partial charge >= 0.3 is 33.1 Å². The minimum Gasteiger partial charge on any atom is -0.457 e. The van der Waals surface area contributed by atoms with Crippen LogP contribution in [-0.4, -0.2) is 25.5 Å². The number of hydrogen-bond acceptors (Lipinski definition) is 6. The van der Waals surface area contributed by atoms with Gasteiger partial charge in [-0.25, -0.2) is 0 Å². The van der Waals surface area contributed by atoms with E-state index in [2.05, 4.69) is 0 Å². The number of carbonyl (C=O) groups is 2. The zero-order valence-corrected chi connectivity index (χ0v) is 21.0. The van der Waals surface area contributed by atoms with Gasteiger partial charge in [0.25, 0.3) is 0 Å². The molecule has 0 radical (unpaired) electrons. The maximum Gasteiger partial charge on any atom is 0.357 e. The highest BCUT2D eigenvalue weighted by molar-refractivity contribution is 5.75. The monoisotopic (exact) mass is 541 g/mol. The summed E-state index contributed by atoms with van der Waals surface area (Å²) in [6, 6.07) is 15.6. The number of hydrogen-bond donors (Lipinski definition) is 0. The molecule has 0 aliphatic carbocycles. The zero-order valence-electron chi connectivity index (χ0n) is 18.9. The average molecular weight is 541 g/mol. The lowest BCUT2D eigenvalue weighted by molar-refractivity contribution is -0.597. The van der Waals surface area contributed by atoms with Gasteiger partial charge in [-0.05, 0) is 90.1 Å². The molecule has 0 aromatic heterocycles. The molecule has 0 amide bonds. The summed E-state index contributed by atoms with van der Waals surface area (Å²) >= 11 is -0.359. The quantitative estimate of drug-likeness (QED) is 0.288. The fourth-order valence-electron chi connectivity index (χ4n) is 2.05. The SMILES string of the molecule is CC(C)(C)C(=O)OCOc1ccc([I+]c2ccc(OCOC(=O)C(C)(C)C)cc2)cc1. The van der Waals surface area contributed by atoms with Crippen LogP contribution in [-0.2, 0) is 19.1 Å². The second kappa shape index (κ2) is 10.8. The zero-order chi connectivity index (χ0) is 23.1. The van der Waals surface area contributed by atoms with E-state index in [0.29, 0.717) is 11.5 Å². The molecule has 0 aliphatic rings. The van der Waals surface area contributed by atoms with Gasteiger partial charge in [0.05, 0.1) is 10.8 Å². The lowest BCUT2D eigenvalue weighted by atomic mass is 9.97. The van der Waals surface area contributed by atoms with Crippen molar-refractivity contribution in [3.8, 4) is 11.5 Å². The highest BCUT2D eigenvalue weighted by Gasteiger charge is 2.24. The highest BCUT2D eigenvalue weighted by Crippen LogP contribution is 2.17. The number of ether oxygens (including phenoxy) is 4. The fraction of sp³-hybridized carbons (Fsp3) is 0.417. The molecular weight excluding hydrogens is 511 g/mol. The van der Waals surface area contributed by atoms with Crippen molar-refractivity contribution in [1.82, 2.24) is 0 Å². The second-order valence-electron chi connectivity index (χ2n) is 8.89. The molecule has 0 heterocycles. The Hall–Kier alpha value is -2.29. The Morgan fingerprint density at radius 2 is 0.968 bits per heavy atom. The fourth-order valence-corrected chi connectivity index (χ4v) is 4.21. The van der Waals surface area contributed by atoms with E-state index in [9.17, 15) is 9.59 Å². The maximum atomic E-state index is 11.7. The van der Waals surface area contributed by atoms with Crippen LogP contribution in [0.4, 0.5) is 0 Å². The standard InChI is InChI=1S/C24H30IO6/c1-23(2,3)21(26)30-15-28-19-11-7-17(8-12-19)25-18-9-13-20(14-10-18)29-16-31-22(27)24(4,5)6/h7-14H,15-16H2,1-6H3/q+1. The van der Waals surface area contributed by atoms with Crippen molar-refractivity contribution >= 4 is 11.9 Å². The third kappa shape index (κ3) is 8.77. The maximum absolute atomic E-state index is 11.7. The number of benzene rings is 2. The molecule has 0 atom stereocenters. The summed E-state index contributed by atoms with van der Waals surface area (Å²) in [6.07, 6.45) is 0. The summed E-state index contributed by atoms with van der Waals surface area (Å²) in [4.78, 5) is 23.5. The molecule has 0 fully saturated rings. The lowest BCUT2D eigenvalue weighted by Gasteiger charge is -2.16. The Balaban J connectivity index is 1.79. The van der Waals surface area contributed by atoms with Crippen molar-refractivity contribution < 1.29 is 49.7 Å². The van der Waals surface area contributed by atoms with Crippen LogP contribution >= 0.6 is 0 Å². The molecule has 0 saturated heterocycles. The topological polar surface area (TPSA) is 71.1 Å². The van der Waals surface area contributed by atoms with E-state index >= 15 is 0 Å². The van der Waals surface area contributed by atoms with Gasteiger partial charge in [-0.3, -0.25) is 9.59 Å². The van der Waals surface area contributed by atoms with Crippen molar-refractivity contribution in [2.75, 3.05) is 13.6 Å². The third-order valence-electron chi connectivity index (χ3n) is 3.90. The minimum atomic E-state index is -0.547. The first-order valence-corrected chi connectivity index (χ1v) is 12.1. The van der Waals surface area contributed by atoms with Gasteiger partial charge in [0, 0.05) is 0 Å². The molecule has 0 spiro atoms. The summed E-state index contributed by atoms with van der Waals surface area (Å²) in [6.45, 7) is 10.6. The van der Waals surface area contributed by atoms with Crippen LogP contribution in [0.1, 0.15) is 41.5 Å². The third-order valence-corrected chi connectivity index (χ3v) is 6.59. The van der Waals surface area contributed by atoms with E-state index in [0.717, 1.165) is 0 Å². The van der Waals surface area contributed by atoms with Crippen LogP contribution in [0.5, 0.6) is 11.5 Å². The van der Waals surface area contributed by atoms with Gasteiger partial charge < -0.3 is 18.9 Å². The minimum absolute atomic E-state index is 0.100. The second-order valence-corrected chi connectivity index (χ2v) is 11.9. The Labute approximate surface area is 194 Å². The summed E-state index contributed by atoms with van der Waals surface area (Å²) in [5, 5.41) is 0. The van der Waals surface area contributed by atoms with Crippen molar-refractivity contribution in [2.45, 2.75) is 41.5 Å². The van der Waals surface area contributed by atoms with Crippen LogP contribution in [0.15, 0.2) is 48.5 Å². The molecule has 2 rings (SSSR count). The van der Waals surface area contributed by atoms with E-state index in [1.807, 2.05) is 48.5 Å². The lowest BCUT2D eigenvalue weighted by Crippen LogP contribution is -3.61. The van der Waals surface area contributed by atoms with Gasteiger partial charge in [-0.2, -0.15) is 0 Å². The van der Waals surface area contributed by atoms with Gasteiger partial charge in [-0.15, -0.1) is 0 Å². The van der Waals surface area contributed by atoms with Crippen molar-refractivity contribution in [1.29, 1.82) is 0 Å². The summed E-state index contributed by atoms with van der Waals surface area (Å²) in [5.74, 6) is 0.718. The Morgan fingerprint density at radius 1 is 0.645 bits per heavy atom. The van der Waals surface area contributed by atoms with Crippen molar-refractivity contribution in [2.24, 2.45) is 10.8 Å². The first kappa shape index (κ1) is 25.0. The summed E-state index contributed by atoms with van der Waals surface area (Å²) < 4.78 is 23.6. The van der Waals surface area contributed by atoms with Crippen molar-refractivity contribution in [3.05, 3.63) is 55.7 Å². The van der Waals surface area contributed by atoms with E-state index in [4.69, 9.17) is 18.9 Å². The molecule has 6 nitrogen and oxygen atoms in total. The highest BCUT2D eigenvalue weighted by atomic mass is 127. The molecule has 0 saturated carbocycles. The average Bonchev–Trinajstić information content (AvgIpc) is 2.69. The van der Waals surface area contributed by atoms with Gasteiger partial charge in [0.2, 0.25) is 13.6 Å². The number of carbonyl (C=O) groups excluding carboxylic acids is 2. The van der Waals surface area contributed by atoms with Crippen molar-refractivity contribution in [3.63, 3.8) is 0 Å². The molecule has 168 valence electrons. The summed E-state index contributed by atoms with van der Waals surface area (Å²) in [5.41, 5.74) is -1.09. The number of rotatable bonds is 8. The van der Waals surface area contributed by atoms with Gasteiger partial charge in [0.1, 0.15) is 11.5 Å². The van der Waals surface area contributed by atoms with Crippen LogP contribution in [0, 0.1) is 18.0 Å². The molecule has 0 unspecified atom stereocenters. The molecule has 7 heteroatoms. The Morgan fingerprint density at radius 3 is 1.26 bits per heavy atom. The number of esters is 2. The Kier molecular flexibility index (Phi) is 8.73. The first-order chi connectivity index (χ1) is 14.4. The normalized spacial score (nSPS) is 11.5. The molecular formula is C24H30IO6+. The molecule has 0 bridgehead atoms. The van der Waals surface area contributed by atoms with E-state index in [1.165, 1.54) is 7.14 Å². The smallest absolute Gasteiger partial charge is 0.357 e. The van der Waals surface area contributed by atoms with Gasteiger partial charge in [0.15, 0.2) is 7.14 Å². The predicted octanol–water partition coefficient (Wildman–Crippen LogP) is 1.67. The molecule has 2 aromatic carbocycles. The Bertz CT molecular complexity index is 787. The molecule has 2 aromatic rings. The summed E-state index contributed by atoms with van der Waals surface area (Å²) in [7, 11) is 0. The molecule has 0 aliphatic heterocycles.